The Morgan fingerprint density at radius 2 is 1.90 bits per heavy atom. The van der Waals surface area contributed by atoms with E-state index in [1.807, 2.05) is 0 Å². The molecule has 1 aromatic rings. The van der Waals surface area contributed by atoms with Crippen molar-refractivity contribution >= 4 is 27.1 Å². The molecule has 0 amide bonds. The zero-order valence-electron chi connectivity index (χ0n) is 12.0. The number of nitro benzene ring substituents is 1. The summed E-state index contributed by atoms with van der Waals surface area (Å²) in [4.78, 5) is 10.6. The molecule has 1 aromatic carbocycles. The van der Waals surface area contributed by atoms with Gasteiger partial charge < -0.3 is 10.7 Å². The zero-order chi connectivity index (χ0) is 16.3. The number of benzene rings is 1. The normalized spacial score (nSPS) is 12.0. The molecule has 0 bridgehead atoms. The molecule has 0 saturated heterocycles. The number of para-hydroxylation sites is 1. The number of hydrazine groups is 1. The first-order valence-electron chi connectivity index (χ1n) is 6.02. The average Bonchev–Trinajstić information content (AvgIpc) is 2.32. The van der Waals surface area contributed by atoms with Gasteiger partial charge >= 0.3 is 5.69 Å². The highest BCUT2D eigenvalue weighted by Crippen LogP contribution is 2.32. The van der Waals surface area contributed by atoms with Crippen LogP contribution in [0.4, 0.5) is 17.1 Å². The predicted molar refractivity (Wildman–Crippen MR) is 81.5 cm³/mol. The fourth-order valence-corrected chi connectivity index (χ4v) is 2.93. The summed E-state index contributed by atoms with van der Waals surface area (Å²) in [5.74, 6) is 5.25. The maximum Gasteiger partial charge on any atom is 0.316 e. The van der Waals surface area contributed by atoms with E-state index >= 15 is 0 Å². The summed E-state index contributed by atoms with van der Waals surface area (Å²) in [6.45, 7) is 3.49. The van der Waals surface area contributed by atoms with Crippen molar-refractivity contribution in [2.45, 2.75) is 19.4 Å². The Morgan fingerprint density at radius 3 is 2.38 bits per heavy atom. The second-order valence-corrected chi connectivity index (χ2v) is 6.96. The standard InChI is InChI=1S/C11H19N5O4S/c1-11(2,15-21(3,19)20)7-13-8-5-4-6-9(14-12)10(8)16(17)18/h4-6,13-15H,7,12H2,1-3H3. The van der Waals surface area contributed by atoms with E-state index in [9.17, 15) is 18.5 Å². The van der Waals surface area contributed by atoms with E-state index in [0.29, 0.717) is 0 Å². The van der Waals surface area contributed by atoms with Crippen molar-refractivity contribution < 1.29 is 13.3 Å². The first-order valence-corrected chi connectivity index (χ1v) is 7.92. The number of nitrogens with one attached hydrogen (secondary N) is 3. The van der Waals surface area contributed by atoms with Gasteiger partial charge in [-0.2, -0.15) is 0 Å². The van der Waals surface area contributed by atoms with Gasteiger partial charge in [-0.25, -0.2) is 13.1 Å². The van der Waals surface area contributed by atoms with Crippen molar-refractivity contribution in [3.8, 4) is 0 Å². The lowest BCUT2D eigenvalue weighted by Gasteiger charge is -2.25. The smallest absolute Gasteiger partial charge is 0.316 e. The molecule has 1 rings (SSSR count). The van der Waals surface area contributed by atoms with Crippen molar-refractivity contribution in [2.75, 3.05) is 23.5 Å². The maximum atomic E-state index is 11.3. The number of nitrogens with zero attached hydrogens (tertiary/aromatic N) is 1. The van der Waals surface area contributed by atoms with Crippen LogP contribution in [0, 0.1) is 10.1 Å². The van der Waals surface area contributed by atoms with Crippen LogP contribution in [0.1, 0.15) is 13.8 Å². The molecule has 0 radical (unpaired) electrons. The molecule has 0 aliphatic heterocycles. The van der Waals surface area contributed by atoms with Gasteiger partial charge in [0, 0.05) is 12.1 Å². The molecule has 0 aliphatic rings. The lowest BCUT2D eigenvalue weighted by atomic mass is 10.1. The summed E-state index contributed by atoms with van der Waals surface area (Å²) < 4.78 is 25.0. The number of nitrogens with two attached hydrogens (primary N) is 1. The van der Waals surface area contributed by atoms with Crippen molar-refractivity contribution in [3.63, 3.8) is 0 Å². The molecule has 0 aromatic heterocycles. The summed E-state index contributed by atoms with van der Waals surface area (Å²) >= 11 is 0. The minimum absolute atomic E-state index is 0.162. The summed E-state index contributed by atoms with van der Waals surface area (Å²) in [6.07, 6.45) is 1.05. The number of sulfonamides is 1. The van der Waals surface area contributed by atoms with Gasteiger partial charge in [0.05, 0.1) is 11.2 Å². The van der Waals surface area contributed by atoms with Crippen LogP contribution in [-0.4, -0.2) is 31.7 Å². The minimum atomic E-state index is -3.38. The minimum Gasteiger partial charge on any atom is -0.378 e. The lowest BCUT2D eigenvalue weighted by molar-refractivity contribution is -0.383. The van der Waals surface area contributed by atoms with E-state index in [1.54, 1.807) is 19.9 Å². The summed E-state index contributed by atoms with van der Waals surface area (Å²) in [5.41, 5.74) is 1.66. The van der Waals surface area contributed by atoms with Crippen LogP contribution in [-0.2, 0) is 10.0 Å². The highest BCUT2D eigenvalue weighted by atomic mass is 32.2. The van der Waals surface area contributed by atoms with Gasteiger partial charge in [-0.15, -0.1) is 0 Å². The molecule has 0 heterocycles. The molecule has 5 N–H and O–H groups in total. The van der Waals surface area contributed by atoms with Crippen molar-refractivity contribution in [1.82, 2.24) is 4.72 Å². The fraction of sp³-hybridized carbons (Fsp3) is 0.455. The molecule has 0 atom stereocenters. The molecule has 10 heteroatoms. The van der Waals surface area contributed by atoms with E-state index in [2.05, 4.69) is 15.5 Å². The third-order valence-electron chi connectivity index (χ3n) is 2.56. The Morgan fingerprint density at radius 1 is 1.33 bits per heavy atom. The molecule has 118 valence electrons. The summed E-state index contributed by atoms with van der Waals surface area (Å²) in [5, 5.41) is 14.0. The second-order valence-electron chi connectivity index (χ2n) is 5.21. The van der Waals surface area contributed by atoms with Crippen LogP contribution in [0.2, 0.25) is 0 Å². The van der Waals surface area contributed by atoms with Crippen LogP contribution >= 0.6 is 0 Å². The largest absolute Gasteiger partial charge is 0.378 e. The lowest BCUT2D eigenvalue weighted by Crippen LogP contribution is -2.47. The highest BCUT2D eigenvalue weighted by Gasteiger charge is 2.24. The van der Waals surface area contributed by atoms with Crippen LogP contribution in [0.25, 0.3) is 0 Å². The average molecular weight is 317 g/mol. The molecule has 0 fully saturated rings. The number of nitro groups is 1. The highest BCUT2D eigenvalue weighted by molar-refractivity contribution is 7.88. The van der Waals surface area contributed by atoms with Gasteiger partial charge in [-0.05, 0) is 26.0 Å². The number of nitrogen functional groups attached to an aromatic ring is 1. The van der Waals surface area contributed by atoms with Gasteiger partial charge in [-0.3, -0.25) is 16.0 Å². The van der Waals surface area contributed by atoms with Gasteiger partial charge in [-0.1, -0.05) is 6.07 Å². The first kappa shape index (κ1) is 17.1. The summed E-state index contributed by atoms with van der Waals surface area (Å²) in [7, 11) is -3.38. The van der Waals surface area contributed by atoms with Crippen LogP contribution in [0.5, 0.6) is 0 Å². The Labute approximate surface area is 123 Å². The number of rotatable bonds is 7. The van der Waals surface area contributed by atoms with Crippen LogP contribution in [0.15, 0.2) is 18.2 Å². The molecule has 0 saturated carbocycles. The quantitative estimate of drug-likeness (QED) is 0.328. The van der Waals surface area contributed by atoms with Crippen molar-refractivity contribution in [1.29, 1.82) is 0 Å². The van der Waals surface area contributed by atoms with Crippen LogP contribution < -0.4 is 21.3 Å². The third kappa shape index (κ3) is 5.17. The summed E-state index contributed by atoms with van der Waals surface area (Å²) in [6, 6.07) is 4.60. The third-order valence-corrected chi connectivity index (χ3v) is 3.48. The second kappa shape index (κ2) is 6.24. The zero-order valence-corrected chi connectivity index (χ0v) is 12.8. The van der Waals surface area contributed by atoms with E-state index in [1.165, 1.54) is 12.1 Å². The van der Waals surface area contributed by atoms with E-state index in [4.69, 9.17) is 5.84 Å². The molecule has 9 nitrogen and oxygen atoms in total. The Balaban J connectivity index is 2.97. The monoisotopic (exact) mass is 317 g/mol. The molecular weight excluding hydrogens is 298 g/mol. The van der Waals surface area contributed by atoms with E-state index in [-0.39, 0.29) is 23.6 Å². The van der Waals surface area contributed by atoms with Gasteiger partial charge in [0.25, 0.3) is 0 Å². The molecule has 21 heavy (non-hydrogen) atoms. The molecule has 0 spiro atoms. The Bertz CT molecular complexity index is 630. The number of hydrogen-bond acceptors (Lipinski definition) is 7. The van der Waals surface area contributed by atoms with Gasteiger partial charge in [0.2, 0.25) is 10.0 Å². The van der Waals surface area contributed by atoms with Crippen LogP contribution in [0.3, 0.4) is 0 Å². The first-order chi connectivity index (χ1) is 9.56. The SMILES string of the molecule is CC(C)(CNc1cccc(NN)c1[N+](=O)[O-])NS(C)(=O)=O. The number of hydrogen-bond donors (Lipinski definition) is 4. The maximum absolute atomic E-state index is 11.3. The molecule has 0 unspecified atom stereocenters. The molecule has 0 aliphatic carbocycles. The Kier molecular flexibility index (Phi) is 5.10. The number of anilines is 2. The Hall–Kier alpha value is -1.91. The van der Waals surface area contributed by atoms with Gasteiger partial charge in [0.1, 0.15) is 11.4 Å². The fourth-order valence-electron chi connectivity index (χ4n) is 1.85. The predicted octanol–water partition coefficient (Wildman–Crippen LogP) is 0.620. The molecular formula is C11H19N5O4S. The van der Waals surface area contributed by atoms with Crippen molar-refractivity contribution in [2.24, 2.45) is 5.84 Å². The van der Waals surface area contributed by atoms with Gasteiger partial charge in [0.15, 0.2) is 0 Å². The van der Waals surface area contributed by atoms with E-state index in [0.717, 1.165) is 6.26 Å². The topological polar surface area (TPSA) is 139 Å². The van der Waals surface area contributed by atoms with E-state index < -0.39 is 20.5 Å². The van der Waals surface area contributed by atoms with Crippen molar-refractivity contribution in [3.05, 3.63) is 28.3 Å².